The minimum atomic E-state index is -1.75. The van der Waals surface area contributed by atoms with Crippen molar-refractivity contribution in [2.24, 2.45) is 23.1 Å². The molecule has 23 heteroatoms. The Hall–Kier alpha value is -5.42. The van der Waals surface area contributed by atoms with Crippen LogP contribution in [0.2, 0.25) is 0 Å². The first-order valence-corrected chi connectivity index (χ1v) is 18.9. The maximum Gasteiger partial charge on any atom is 0.326 e. The van der Waals surface area contributed by atoms with Gasteiger partial charge < -0.3 is 69.5 Å². The van der Waals surface area contributed by atoms with E-state index >= 15 is 0 Å². The third-order valence-electron chi connectivity index (χ3n) is 8.40. The van der Waals surface area contributed by atoms with Crippen LogP contribution < -0.4 is 49.1 Å². The van der Waals surface area contributed by atoms with E-state index < -0.39 is 146 Å². The molecule has 0 saturated heterocycles. The molecular weight excluding hydrogens is 770 g/mol. The van der Waals surface area contributed by atoms with Crippen LogP contribution in [0.3, 0.4) is 0 Å². The summed E-state index contributed by atoms with van der Waals surface area (Å²) in [6, 6.07) is -10.2. The summed E-state index contributed by atoms with van der Waals surface area (Å²) in [5.74, 6) is -11.2. The van der Waals surface area contributed by atoms with Crippen molar-refractivity contribution in [3.05, 3.63) is 0 Å². The van der Waals surface area contributed by atoms with E-state index in [1.165, 1.54) is 13.8 Å². The number of carboxylic acids is 3. The molecule has 8 atom stereocenters. The molecule has 0 radical (unpaired) electrons. The molecular formula is C35H61N9O14. The zero-order valence-electron chi connectivity index (χ0n) is 33.3. The summed E-state index contributed by atoms with van der Waals surface area (Å²) in [6.07, 6.45) is -3.98. The molecule has 16 N–H and O–H groups in total. The maximum atomic E-state index is 13.7. The fourth-order valence-electron chi connectivity index (χ4n) is 5.32. The Labute approximate surface area is 335 Å². The van der Waals surface area contributed by atoms with Crippen LogP contribution >= 0.6 is 0 Å². The summed E-state index contributed by atoms with van der Waals surface area (Å²) < 4.78 is 0. The molecule has 0 unspecified atom stereocenters. The highest BCUT2D eigenvalue weighted by Gasteiger charge is 2.34. The number of hydrogen-bond acceptors (Lipinski definition) is 13. The van der Waals surface area contributed by atoms with Gasteiger partial charge in [-0.05, 0) is 71.3 Å². The number of aliphatic hydroxyl groups is 1. The number of nitrogens with one attached hydrogen (secondary N) is 6. The quantitative estimate of drug-likeness (QED) is 0.0309. The average Bonchev–Trinajstić information content (AvgIpc) is 3.11. The Kier molecular flexibility index (Phi) is 24.7. The fourth-order valence-corrected chi connectivity index (χ4v) is 5.32. The molecule has 7 amide bonds. The van der Waals surface area contributed by atoms with Crippen LogP contribution in [0, 0.1) is 5.92 Å². The lowest BCUT2D eigenvalue weighted by molar-refractivity contribution is -0.142. The van der Waals surface area contributed by atoms with Crippen LogP contribution in [-0.4, -0.2) is 135 Å². The second kappa shape index (κ2) is 27.3. The van der Waals surface area contributed by atoms with Gasteiger partial charge in [0.2, 0.25) is 41.4 Å². The standard InChI is InChI=1S/C35H61N9O14/c1-17(2)15-24(33(55)42-23(35(57)58)7-5-6-14-36)44-32(54)20(8-11-26(38)46)39-30(52)21(9-12-27(47)48)40-31(53)22(10-13-28(49)50)41-34(56)25(16-18(3)45)43-29(51)19(4)37/h17-25,45H,5-16,36-37H2,1-4H3,(H2,38,46)(H,39,52)(H,40,53)(H,41,56)(H,42,55)(H,43,51)(H,44,54)(H,47,48)(H,49,50)(H,57,58)/t18-,19+,20+,21+,22+,23+,24+,25+/m1/s1. The lowest BCUT2D eigenvalue weighted by atomic mass is 10.0. The number of unbranched alkanes of at least 4 members (excludes halogenated alkanes) is 1. The van der Waals surface area contributed by atoms with Crippen LogP contribution in [0.4, 0.5) is 0 Å². The molecule has 0 saturated carbocycles. The maximum absolute atomic E-state index is 13.7. The van der Waals surface area contributed by atoms with Gasteiger partial charge in [0.25, 0.3) is 0 Å². The Morgan fingerprint density at radius 1 is 0.500 bits per heavy atom. The first-order chi connectivity index (χ1) is 27.0. The van der Waals surface area contributed by atoms with Gasteiger partial charge in [-0.3, -0.25) is 43.2 Å². The lowest BCUT2D eigenvalue weighted by Crippen LogP contribution is -2.60. The van der Waals surface area contributed by atoms with E-state index in [0.717, 1.165) is 0 Å². The zero-order chi connectivity index (χ0) is 44.7. The van der Waals surface area contributed by atoms with Crippen molar-refractivity contribution in [1.29, 1.82) is 0 Å². The number of aliphatic carboxylic acids is 3. The summed E-state index contributed by atoms with van der Waals surface area (Å²) in [4.78, 5) is 126. The van der Waals surface area contributed by atoms with E-state index in [1.54, 1.807) is 13.8 Å². The predicted octanol–water partition coefficient (Wildman–Crippen LogP) is -3.73. The van der Waals surface area contributed by atoms with E-state index in [1.807, 2.05) is 0 Å². The molecule has 0 rings (SSSR count). The second-order valence-electron chi connectivity index (χ2n) is 14.4. The number of carbonyl (C=O) groups is 10. The average molecular weight is 832 g/mol. The molecule has 0 bridgehead atoms. The Bertz CT molecular complexity index is 1440. The van der Waals surface area contributed by atoms with Gasteiger partial charge in [-0.25, -0.2) is 4.79 Å². The van der Waals surface area contributed by atoms with Gasteiger partial charge >= 0.3 is 17.9 Å². The van der Waals surface area contributed by atoms with Crippen LogP contribution in [-0.2, 0) is 47.9 Å². The van der Waals surface area contributed by atoms with Gasteiger partial charge in [-0.2, -0.15) is 0 Å². The normalized spacial score (nSPS) is 15.2. The molecule has 0 aliphatic heterocycles. The number of aliphatic hydroxyl groups excluding tert-OH is 1. The van der Waals surface area contributed by atoms with Gasteiger partial charge in [-0.1, -0.05) is 13.8 Å². The van der Waals surface area contributed by atoms with Crippen molar-refractivity contribution < 1.29 is 68.4 Å². The van der Waals surface area contributed by atoms with Gasteiger partial charge in [-0.15, -0.1) is 0 Å². The number of amides is 7. The van der Waals surface area contributed by atoms with Crippen molar-refractivity contribution in [1.82, 2.24) is 31.9 Å². The Morgan fingerprint density at radius 3 is 1.21 bits per heavy atom. The third kappa shape index (κ3) is 22.4. The fraction of sp³-hybridized carbons (Fsp3) is 0.714. The molecule has 0 aromatic heterocycles. The predicted molar refractivity (Wildman–Crippen MR) is 204 cm³/mol. The number of rotatable bonds is 30. The number of primary amides is 1. The molecule has 23 nitrogen and oxygen atoms in total. The number of nitrogens with two attached hydrogens (primary N) is 3. The molecule has 0 spiro atoms. The van der Waals surface area contributed by atoms with E-state index in [4.69, 9.17) is 17.2 Å². The minimum Gasteiger partial charge on any atom is -0.481 e. The Balaban J connectivity index is 6.52. The highest BCUT2D eigenvalue weighted by Crippen LogP contribution is 2.11. The summed E-state index contributed by atoms with van der Waals surface area (Å²) in [6.45, 7) is 6.38. The van der Waals surface area contributed by atoms with Crippen molar-refractivity contribution >= 4 is 59.3 Å². The van der Waals surface area contributed by atoms with Crippen molar-refractivity contribution in [3.8, 4) is 0 Å². The second-order valence-corrected chi connectivity index (χ2v) is 14.4. The monoisotopic (exact) mass is 831 g/mol. The third-order valence-corrected chi connectivity index (χ3v) is 8.40. The van der Waals surface area contributed by atoms with E-state index in [9.17, 15) is 68.4 Å². The highest BCUT2D eigenvalue weighted by atomic mass is 16.4. The highest BCUT2D eigenvalue weighted by molar-refractivity contribution is 5.97. The summed E-state index contributed by atoms with van der Waals surface area (Å²) in [5, 5.41) is 52.2. The van der Waals surface area contributed by atoms with Gasteiger partial charge in [0, 0.05) is 25.7 Å². The van der Waals surface area contributed by atoms with Crippen LogP contribution in [0.15, 0.2) is 0 Å². The zero-order valence-corrected chi connectivity index (χ0v) is 33.3. The van der Waals surface area contributed by atoms with Crippen LogP contribution in [0.25, 0.3) is 0 Å². The van der Waals surface area contributed by atoms with E-state index in [2.05, 4.69) is 31.9 Å². The molecule has 330 valence electrons. The van der Waals surface area contributed by atoms with Crippen molar-refractivity contribution in [2.45, 2.75) is 147 Å². The van der Waals surface area contributed by atoms with Crippen molar-refractivity contribution in [2.75, 3.05) is 6.54 Å². The summed E-state index contributed by atoms with van der Waals surface area (Å²) >= 11 is 0. The lowest BCUT2D eigenvalue weighted by Gasteiger charge is -2.28. The minimum absolute atomic E-state index is 0.0109. The molecule has 0 aromatic rings. The molecule has 0 fully saturated rings. The van der Waals surface area contributed by atoms with E-state index in [-0.39, 0.29) is 25.2 Å². The van der Waals surface area contributed by atoms with Gasteiger partial charge in [0.05, 0.1) is 12.1 Å². The molecule has 0 heterocycles. The van der Waals surface area contributed by atoms with Gasteiger partial charge in [0.15, 0.2) is 0 Å². The topological polar surface area (TPSA) is 402 Å². The molecule has 0 aliphatic carbocycles. The first kappa shape index (κ1) is 52.6. The SMILES string of the molecule is CC(C)C[C@H](NC(=O)[C@H](CCC(N)=O)NC(=O)[C@H](CCC(=O)O)NC(=O)[C@H](CCC(=O)O)NC(=O)[C@H](C[C@@H](C)O)NC(=O)[C@H](C)N)C(=O)N[C@@H](CCCCN)C(=O)O. The molecule has 58 heavy (non-hydrogen) atoms. The smallest absolute Gasteiger partial charge is 0.326 e. The van der Waals surface area contributed by atoms with Gasteiger partial charge in [0.1, 0.15) is 36.3 Å². The van der Waals surface area contributed by atoms with Crippen molar-refractivity contribution in [3.63, 3.8) is 0 Å². The molecule has 0 aliphatic rings. The number of carboxylic acid groups (broad SMARTS) is 3. The summed E-state index contributed by atoms with van der Waals surface area (Å²) in [7, 11) is 0. The molecule has 0 aromatic carbocycles. The summed E-state index contributed by atoms with van der Waals surface area (Å²) in [5.41, 5.74) is 16.3. The van der Waals surface area contributed by atoms with Crippen LogP contribution in [0.1, 0.15) is 98.3 Å². The van der Waals surface area contributed by atoms with E-state index in [0.29, 0.717) is 19.4 Å². The van der Waals surface area contributed by atoms with Crippen LogP contribution in [0.5, 0.6) is 0 Å². The first-order valence-electron chi connectivity index (χ1n) is 18.9. The number of hydrogen-bond donors (Lipinski definition) is 13. The largest absolute Gasteiger partial charge is 0.481 e. The Morgan fingerprint density at radius 2 is 0.862 bits per heavy atom. The number of carbonyl (C=O) groups excluding carboxylic acids is 7.